The quantitative estimate of drug-likeness (QED) is 0.341. The van der Waals surface area contributed by atoms with Gasteiger partial charge in [0, 0.05) is 42.0 Å². The molecule has 1 aliphatic carbocycles. The number of aromatic nitrogens is 2. The number of aryl methyl sites for hydroxylation is 3. The number of phenolic OH excluding ortho intramolecular Hbond substituents is 1. The SMILES string of the molecule is CCc1cc(C(=N)c2cc(O)ccc2N)ccn1.N#Cc1cnc2c(c1)CCCC2.[HH]. The van der Waals surface area contributed by atoms with Gasteiger partial charge in [0.1, 0.15) is 11.8 Å². The lowest BCUT2D eigenvalue weighted by molar-refractivity contribution is 0.475. The molecule has 0 amide bonds. The Kier molecular flexibility index (Phi) is 6.76. The van der Waals surface area contributed by atoms with E-state index in [1.165, 1.54) is 36.2 Å². The molecule has 6 nitrogen and oxygen atoms in total. The van der Waals surface area contributed by atoms with Crippen molar-refractivity contribution in [1.82, 2.24) is 9.97 Å². The predicted octanol–water partition coefficient (Wildman–Crippen LogP) is 4.43. The Bertz CT molecular complexity index is 1110. The minimum atomic E-state index is 0. The first kappa shape index (κ1) is 21.0. The molecule has 0 unspecified atom stereocenters. The van der Waals surface area contributed by atoms with Crippen molar-refractivity contribution in [2.24, 2.45) is 0 Å². The van der Waals surface area contributed by atoms with E-state index < -0.39 is 0 Å². The molecule has 0 saturated heterocycles. The summed E-state index contributed by atoms with van der Waals surface area (Å²) in [6.07, 6.45) is 8.83. The van der Waals surface area contributed by atoms with Crippen LogP contribution in [0.15, 0.2) is 48.8 Å². The maximum absolute atomic E-state index is 9.47. The van der Waals surface area contributed by atoms with Gasteiger partial charge < -0.3 is 10.8 Å². The molecule has 0 fully saturated rings. The highest BCUT2D eigenvalue weighted by molar-refractivity contribution is 6.14. The first-order chi connectivity index (χ1) is 14.5. The number of nitrogens with one attached hydrogen (secondary N) is 1. The first-order valence-corrected chi connectivity index (χ1v) is 10.0. The van der Waals surface area contributed by atoms with Crippen molar-refractivity contribution in [2.45, 2.75) is 39.0 Å². The monoisotopic (exact) mass is 401 g/mol. The summed E-state index contributed by atoms with van der Waals surface area (Å²) in [6, 6.07) is 12.3. The van der Waals surface area contributed by atoms with E-state index in [-0.39, 0.29) is 7.18 Å². The van der Waals surface area contributed by atoms with Crippen molar-refractivity contribution < 1.29 is 6.53 Å². The van der Waals surface area contributed by atoms with Gasteiger partial charge in [-0.25, -0.2) is 0 Å². The van der Waals surface area contributed by atoms with Crippen LogP contribution >= 0.6 is 0 Å². The highest BCUT2D eigenvalue weighted by atomic mass is 16.3. The number of hydrogen-bond donors (Lipinski definition) is 3. The van der Waals surface area contributed by atoms with Gasteiger partial charge in [0.05, 0.1) is 11.3 Å². The molecule has 4 N–H and O–H groups in total. The van der Waals surface area contributed by atoms with Gasteiger partial charge in [-0.15, -0.1) is 0 Å². The largest absolute Gasteiger partial charge is 0.508 e. The molecule has 1 aliphatic rings. The number of hydrogen-bond acceptors (Lipinski definition) is 6. The third-order valence-corrected chi connectivity index (χ3v) is 5.07. The average Bonchev–Trinajstić information content (AvgIpc) is 2.80. The van der Waals surface area contributed by atoms with Gasteiger partial charge in [-0.3, -0.25) is 15.4 Å². The van der Waals surface area contributed by atoms with E-state index >= 15 is 0 Å². The van der Waals surface area contributed by atoms with Crippen molar-refractivity contribution in [3.05, 3.63) is 82.4 Å². The smallest absolute Gasteiger partial charge is 0.116 e. The van der Waals surface area contributed by atoms with E-state index in [1.54, 1.807) is 24.5 Å². The van der Waals surface area contributed by atoms with E-state index in [0.29, 0.717) is 22.5 Å². The molecule has 1 aromatic carbocycles. The second-order valence-electron chi connectivity index (χ2n) is 7.18. The number of nitrogens with two attached hydrogens (primary N) is 1. The van der Waals surface area contributed by atoms with E-state index in [1.807, 2.05) is 19.1 Å². The molecule has 154 valence electrons. The van der Waals surface area contributed by atoms with Crippen LogP contribution in [-0.4, -0.2) is 20.8 Å². The third kappa shape index (κ3) is 5.00. The maximum atomic E-state index is 9.47. The molecule has 0 saturated carbocycles. The lowest BCUT2D eigenvalue weighted by Gasteiger charge is -2.13. The van der Waals surface area contributed by atoms with Gasteiger partial charge in [0.15, 0.2) is 0 Å². The number of pyridine rings is 2. The number of nitriles is 1. The summed E-state index contributed by atoms with van der Waals surface area (Å²) >= 11 is 0. The van der Waals surface area contributed by atoms with Crippen molar-refractivity contribution in [3.63, 3.8) is 0 Å². The van der Waals surface area contributed by atoms with Gasteiger partial charge in [0.2, 0.25) is 0 Å². The highest BCUT2D eigenvalue weighted by Crippen LogP contribution is 2.22. The normalized spacial score (nSPS) is 12.1. The van der Waals surface area contributed by atoms with Crippen molar-refractivity contribution in [3.8, 4) is 11.8 Å². The lowest BCUT2D eigenvalue weighted by Crippen LogP contribution is -2.06. The number of anilines is 1. The minimum absolute atomic E-state index is 0. The van der Waals surface area contributed by atoms with E-state index in [9.17, 15) is 5.11 Å². The van der Waals surface area contributed by atoms with Crippen LogP contribution in [-0.2, 0) is 19.3 Å². The number of benzene rings is 1. The van der Waals surface area contributed by atoms with E-state index in [4.69, 9.17) is 16.4 Å². The van der Waals surface area contributed by atoms with Crippen LogP contribution in [0.2, 0.25) is 0 Å². The summed E-state index contributed by atoms with van der Waals surface area (Å²) in [5, 5.41) is 26.3. The molecule has 0 atom stereocenters. The fraction of sp³-hybridized carbons (Fsp3) is 0.250. The second kappa shape index (κ2) is 9.66. The summed E-state index contributed by atoms with van der Waals surface area (Å²) in [6.45, 7) is 2.01. The van der Waals surface area contributed by atoms with Gasteiger partial charge in [-0.1, -0.05) is 6.92 Å². The zero-order valence-corrected chi connectivity index (χ0v) is 17.0. The number of fused-ring (bicyclic) bond motifs is 1. The highest BCUT2D eigenvalue weighted by Gasteiger charge is 2.11. The van der Waals surface area contributed by atoms with Gasteiger partial charge in [0.25, 0.3) is 0 Å². The Labute approximate surface area is 178 Å². The molecule has 0 spiro atoms. The van der Waals surface area contributed by atoms with Gasteiger partial charge >= 0.3 is 0 Å². The first-order valence-electron chi connectivity index (χ1n) is 10.0. The number of aromatic hydroxyl groups is 1. The Hall–Kier alpha value is -3.72. The molecule has 0 aliphatic heterocycles. The average molecular weight is 402 g/mol. The Morgan fingerprint density at radius 2 is 2.00 bits per heavy atom. The van der Waals surface area contributed by atoms with Crippen molar-refractivity contribution >= 4 is 11.4 Å². The zero-order chi connectivity index (χ0) is 21.5. The second-order valence-corrected chi connectivity index (χ2v) is 7.18. The van der Waals surface area contributed by atoms with Crippen molar-refractivity contribution in [1.29, 1.82) is 10.7 Å². The topological polar surface area (TPSA) is 120 Å². The standard InChI is InChI=1S/C14H15N3O.C10H10N2.H2/c1-2-10-7-9(5-6-17-10)14(16)12-8-11(18)3-4-13(12)15;11-6-8-5-9-3-1-2-4-10(9)12-7-8;/h3-8,16,18H,2,15H2,1H3;5,7H,1-4H2;1H. The molecule has 3 aromatic rings. The minimum Gasteiger partial charge on any atom is -0.508 e. The molecule has 0 bridgehead atoms. The molecule has 2 heterocycles. The Balaban J connectivity index is 0.000000229. The van der Waals surface area contributed by atoms with Gasteiger partial charge in [-0.2, -0.15) is 5.26 Å². The fourth-order valence-electron chi connectivity index (χ4n) is 3.39. The summed E-state index contributed by atoms with van der Waals surface area (Å²) < 4.78 is 0. The molecule has 2 aromatic heterocycles. The van der Waals surface area contributed by atoms with Crippen LogP contribution < -0.4 is 5.73 Å². The zero-order valence-electron chi connectivity index (χ0n) is 17.0. The van der Waals surface area contributed by atoms with Crippen LogP contribution in [0.1, 0.15) is 54.8 Å². The number of rotatable bonds is 3. The summed E-state index contributed by atoms with van der Waals surface area (Å²) in [7, 11) is 0. The molecular formula is C24H27N5O. The lowest BCUT2D eigenvalue weighted by atomic mass is 9.95. The molecular weight excluding hydrogens is 374 g/mol. The Morgan fingerprint density at radius 3 is 2.77 bits per heavy atom. The molecule has 4 rings (SSSR count). The van der Waals surface area contributed by atoms with Crippen LogP contribution in [0.5, 0.6) is 5.75 Å². The number of nitrogens with zero attached hydrogens (tertiary/aromatic N) is 3. The predicted molar refractivity (Wildman–Crippen MR) is 120 cm³/mol. The van der Waals surface area contributed by atoms with Gasteiger partial charge in [-0.05, 0) is 74.1 Å². The maximum Gasteiger partial charge on any atom is 0.116 e. The molecule has 0 radical (unpaired) electrons. The third-order valence-electron chi connectivity index (χ3n) is 5.07. The van der Waals surface area contributed by atoms with Crippen LogP contribution in [0.3, 0.4) is 0 Å². The fourth-order valence-corrected chi connectivity index (χ4v) is 3.39. The summed E-state index contributed by atoms with van der Waals surface area (Å²) in [4.78, 5) is 8.46. The van der Waals surface area contributed by atoms with Crippen LogP contribution in [0, 0.1) is 16.7 Å². The number of phenols is 1. The van der Waals surface area contributed by atoms with Crippen LogP contribution in [0.25, 0.3) is 0 Å². The summed E-state index contributed by atoms with van der Waals surface area (Å²) in [5.74, 6) is 0.105. The van der Waals surface area contributed by atoms with Crippen molar-refractivity contribution in [2.75, 3.05) is 5.73 Å². The molecule has 30 heavy (non-hydrogen) atoms. The van der Waals surface area contributed by atoms with Crippen LogP contribution in [0.4, 0.5) is 5.69 Å². The number of nitrogen functional groups attached to an aromatic ring is 1. The van der Waals surface area contributed by atoms with E-state index in [2.05, 4.69) is 16.0 Å². The Morgan fingerprint density at radius 1 is 1.20 bits per heavy atom. The summed E-state index contributed by atoms with van der Waals surface area (Å²) in [5.41, 5.74) is 12.0. The molecule has 6 heteroatoms. The van der Waals surface area contributed by atoms with E-state index in [0.717, 1.165) is 30.5 Å².